The minimum Gasteiger partial charge on any atom is -0.477 e. The summed E-state index contributed by atoms with van der Waals surface area (Å²) in [6.07, 6.45) is 1.29. The van der Waals surface area contributed by atoms with Crippen LogP contribution >= 0.6 is 0 Å². The van der Waals surface area contributed by atoms with E-state index in [1.54, 1.807) is 0 Å². The lowest BCUT2D eigenvalue weighted by molar-refractivity contribution is -0.112. The highest BCUT2D eigenvalue weighted by molar-refractivity contribution is 6.00. The maximum absolute atomic E-state index is 12.4. The van der Waals surface area contributed by atoms with E-state index in [1.807, 2.05) is 62.4 Å². The van der Waals surface area contributed by atoms with Gasteiger partial charge in [-0.2, -0.15) is 0 Å². The van der Waals surface area contributed by atoms with Crippen molar-refractivity contribution < 1.29 is 14.3 Å². The molecule has 2 aromatic carbocycles. The second-order valence-electron chi connectivity index (χ2n) is 6.13. The maximum Gasteiger partial charge on any atom is 0.328 e. The van der Waals surface area contributed by atoms with Crippen LogP contribution in [0.15, 0.2) is 60.5 Å². The molecule has 1 saturated heterocycles. The van der Waals surface area contributed by atoms with Gasteiger partial charge in [-0.15, -0.1) is 0 Å². The largest absolute Gasteiger partial charge is 0.477 e. The molecule has 26 heavy (non-hydrogen) atoms. The first kappa shape index (κ1) is 17.5. The number of ether oxygens (including phenoxy) is 1. The molecule has 2 N–H and O–H groups in total. The van der Waals surface area contributed by atoms with Crippen LogP contribution in [0, 0.1) is 13.8 Å². The third-order valence-electron chi connectivity index (χ3n) is 3.95. The molecule has 3 rings (SSSR count). The quantitative estimate of drug-likeness (QED) is 0.829. The number of urea groups is 1. The van der Waals surface area contributed by atoms with Gasteiger partial charge in [0.05, 0.1) is 12.6 Å². The highest BCUT2D eigenvalue weighted by atomic mass is 16.5. The molecule has 0 saturated carbocycles. The zero-order chi connectivity index (χ0) is 18.5. The Bertz CT molecular complexity index is 826. The molecule has 6 heteroatoms. The molecule has 1 fully saturated rings. The molecule has 0 bridgehead atoms. The summed E-state index contributed by atoms with van der Waals surface area (Å²) in [7, 11) is 0. The lowest BCUT2D eigenvalue weighted by Gasteiger charge is -2.16. The number of anilines is 2. The predicted octanol–water partition coefficient (Wildman–Crippen LogP) is 3.65. The SMILES string of the molecule is Cc1ccc(NC(=O)/C=C2\OCCN2C(=O)Nc2ccc(C)cc2)cc1. The topological polar surface area (TPSA) is 70.7 Å². The number of carbonyl (C=O) groups excluding carboxylic acids is 2. The lowest BCUT2D eigenvalue weighted by Crippen LogP contribution is -2.32. The number of hydrogen-bond acceptors (Lipinski definition) is 3. The normalized spacial score (nSPS) is 14.8. The van der Waals surface area contributed by atoms with Gasteiger partial charge in [0.25, 0.3) is 5.91 Å². The number of benzene rings is 2. The molecular weight excluding hydrogens is 330 g/mol. The van der Waals surface area contributed by atoms with E-state index in [1.165, 1.54) is 11.0 Å². The average molecular weight is 351 g/mol. The summed E-state index contributed by atoms with van der Waals surface area (Å²) in [5, 5.41) is 5.56. The zero-order valence-electron chi connectivity index (χ0n) is 14.8. The average Bonchev–Trinajstić information content (AvgIpc) is 3.07. The van der Waals surface area contributed by atoms with Crippen molar-refractivity contribution in [3.05, 3.63) is 71.6 Å². The number of carbonyl (C=O) groups is 2. The maximum atomic E-state index is 12.4. The molecule has 0 aliphatic carbocycles. The molecule has 1 aliphatic heterocycles. The third kappa shape index (κ3) is 4.42. The van der Waals surface area contributed by atoms with Gasteiger partial charge in [0, 0.05) is 11.4 Å². The fourth-order valence-corrected chi connectivity index (χ4v) is 2.51. The summed E-state index contributed by atoms with van der Waals surface area (Å²) in [4.78, 5) is 26.1. The van der Waals surface area contributed by atoms with Crippen molar-refractivity contribution >= 4 is 23.3 Å². The highest BCUT2D eigenvalue weighted by Gasteiger charge is 2.26. The number of hydrogen-bond donors (Lipinski definition) is 2. The van der Waals surface area contributed by atoms with Crippen molar-refractivity contribution in [2.24, 2.45) is 0 Å². The van der Waals surface area contributed by atoms with E-state index in [-0.39, 0.29) is 17.8 Å². The van der Waals surface area contributed by atoms with Gasteiger partial charge in [-0.05, 0) is 38.1 Å². The van der Waals surface area contributed by atoms with Gasteiger partial charge in [0.1, 0.15) is 6.61 Å². The summed E-state index contributed by atoms with van der Waals surface area (Å²) in [5.74, 6) is -0.113. The Balaban J connectivity index is 1.65. The molecule has 3 amide bonds. The van der Waals surface area contributed by atoms with Crippen LogP contribution in [0.1, 0.15) is 11.1 Å². The zero-order valence-corrected chi connectivity index (χ0v) is 14.8. The van der Waals surface area contributed by atoms with Crippen LogP contribution in [0.3, 0.4) is 0 Å². The first-order valence-corrected chi connectivity index (χ1v) is 8.38. The Morgan fingerprint density at radius 2 is 1.46 bits per heavy atom. The van der Waals surface area contributed by atoms with E-state index >= 15 is 0 Å². The van der Waals surface area contributed by atoms with Gasteiger partial charge in [-0.25, -0.2) is 4.79 Å². The van der Waals surface area contributed by atoms with E-state index in [9.17, 15) is 9.59 Å². The summed E-state index contributed by atoms with van der Waals surface area (Å²) < 4.78 is 5.44. The Labute approximate surface area is 152 Å². The summed E-state index contributed by atoms with van der Waals surface area (Å²) >= 11 is 0. The van der Waals surface area contributed by atoms with Crippen LogP contribution in [0.2, 0.25) is 0 Å². The fourth-order valence-electron chi connectivity index (χ4n) is 2.51. The van der Waals surface area contributed by atoms with Crippen LogP contribution < -0.4 is 10.6 Å². The Hall–Kier alpha value is -3.28. The molecule has 134 valence electrons. The molecule has 0 atom stereocenters. The first-order valence-electron chi connectivity index (χ1n) is 8.38. The van der Waals surface area contributed by atoms with Gasteiger partial charge in [0.15, 0.2) is 0 Å². The Morgan fingerprint density at radius 3 is 2.04 bits per heavy atom. The standard InChI is InChI=1S/C20H21N3O3/c1-14-3-7-16(8-4-14)21-18(24)13-19-23(11-12-26-19)20(25)22-17-9-5-15(2)6-10-17/h3-10,13H,11-12H2,1-2H3,(H,21,24)(H,22,25)/b19-13-. The molecule has 6 nitrogen and oxygen atoms in total. The molecule has 0 radical (unpaired) electrons. The van der Waals surface area contributed by atoms with Crippen LogP contribution in [-0.4, -0.2) is 30.0 Å². The van der Waals surface area contributed by atoms with Gasteiger partial charge < -0.3 is 15.4 Å². The van der Waals surface area contributed by atoms with E-state index in [4.69, 9.17) is 4.74 Å². The summed E-state index contributed by atoms with van der Waals surface area (Å²) in [6.45, 7) is 4.70. The molecule has 2 aromatic rings. The number of nitrogens with one attached hydrogen (secondary N) is 2. The predicted molar refractivity (Wildman–Crippen MR) is 101 cm³/mol. The van der Waals surface area contributed by atoms with Crippen molar-refractivity contribution in [1.29, 1.82) is 0 Å². The molecule has 1 aliphatic rings. The van der Waals surface area contributed by atoms with E-state index < -0.39 is 0 Å². The van der Waals surface area contributed by atoms with Gasteiger partial charge in [-0.1, -0.05) is 35.4 Å². The smallest absolute Gasteiger partial charge is 0.328 e. The molecule has 1 heterocycles. The second-order valence-corrected chi connectivity index (χ2v) is 6.13. The Kier molecular flexibility index (Phi) is 5.22. The van der Waals surface area contributed by atoms with Crippen molar-refractivity contribution in [3.63, 3.8) is 0 Å². The molecule has 0 unspecified atom stereocenters. The van der Waals surface area contributed by atoms with Crippen molar-refractivity contribution in [2.45, 2.75) is 13.8 Å². The van der Waals surface area contributed by atoms with Crippen LogP contribution in [0.4, 0.5) is 16.2 Å². The van der Waals surface area contributed by atoms with Crippen molar-refractivity contribution in [3.8, 4) is 0 Å². The summed E-state index contributed by atoms with van der Waals surface area (Å²) in [6, 6.07) is 14.6. The number of amides is 3. The van der Waals surface area contributed by atoms with E-state index in [0.29, 0.717) is 24.5 Å². The van der Waals surface area contributed by atoms with Gasteiger partial charge >= 0.3 is 6.03 Å². The van der Waals surface area contributed by atoms with Crippen molar-refractivity contribution in [2.75, 3.05) is 23.8 Å². The second kappa shape index (κ2) is 7.74. The van der Waals surface area contributed by atoms with E-state index in [2.05, 4.69) is 10.6 Å². The molecule has 0 aromatic heterocycles. The summed E-state index contributed by atoms with van der Waals surface area (Å²) in [5.41, 5.74) is 3.60. The van der Waals surface area contributed by atoms with E-state index in [0.717, 1.165) is 11.1 Å². The number of aryl methyl sites for hydroxylation is 2. The van der Waals surface area contributed by atoms with Gasteiger partial charge in [-0.3, -0.25) is 9.69 Å². The fraction of sp³-hybridized carbons (Fsp3) is 0.200. The highest BCUT2D eigenvalue weighted by Crippen LogP contribution is 2.17. The lowest BCUT2D eigenvalue weighted by atomic mass is 10.2. The van der Waals surface area contributed by atoms with Crippen molar-refractivity contribution in [1.82, 2.24) is 4.90 Å². The minimum absolute atomic E-state index is 0.235. The first-order chi connectivity index (χ1) is 12.5. The third-order valence-corrected chi connectivity index (χ3v) is 3.95. The number of rotatable bonds is 3. The minimum atomic E-state index is -0.348. The van der Waals surface area contributed by atoms with Crippen LogP contribution in [0.25, 0.3) is 0 Å². The monoisotopic (exact) mass is 351 g/mol. The molecular formula is C20H21N3O3. The number of nitrogens with zero attached hydrogens (tertiary/aromatic N) is 1. The van der Waals surface area contributed by atoms with Gasteiger partial charge in [0.2, 0.25) is 5.88 Å². The Morgan fingerprint density at radius 1 is 0.923 bits per heavy atom. The van der Waals surface area contributed by atoms with Crippen LogP contribution in [-0.2, 0) is 9.53 Å². The van der Waals surface area contributed by atoms with Crippen LogP contribution in [0.5, 0.6) is 0 Å². The molecule has 0 spiro atoms.